The zero-order valence-electron chi connectivity index (χ0n) is 11.5. The molecule has 1 fully saturated rings. The molecule has 4 N–H and O–H groups in total. The van der Waals surface area contributed by atoms with Crippen LogP contribution in [-0.4, -0.2) is 74.1 Å². The summed E-state index contributed by atoms with van der Waals surface area (Å²) in [5, 5.41) is 0. The smallest absolute Gasteiger partial charge is 0.239 e. The van der Waals surface area contributed by atoms with E-state index < -0.39 is 6.04 Å². The first-order valence-corrected chi connectivity index (χ1v) is 6.58. The number of hydrogen-bond acceptors (Lipinski definition) is 5. The van der Waals surface area contributed by atoms with Gasteiger partial charge in [-0.3, -0.25) is 14.5 Å². The van der Waals surface area contributed by atoms with Crippen molar-refractivity contribution >= 4 is 11.8 Å². The zero-order valence-corrected chi connectivity index (χ0v) is 11.5. The number of ether oxygens (including phenoxy) is 1. The van der Waals surface area contributed by atoms with Crippen LogP contribution in [0.3, 0.4) is 0 Å². The van der Waals surface area contributed by atoms with E-state index in [2.05, 4.69) is 0 Å². The molecule has 0 aromatic rings. The first-order chi connectivity index (χ1) is 9.04. The highest BCUT2D eigenvalue weighted by Crippen LogP contribution is 2.05. The molecule has 1 rings (SSSR count). The van der Waals surface area contributed by atoms with Crippen LogP contribution in [0.1, 0.15) is 12.8 Å². The molecule has 7 heteroatoms. The van der Waals surface area contributed by atoms with E-state index in [4.69, 9.17) is 16.2 Å². The monoisotopic (exact) mass is 272 g/mol. The molecule has 1 atom stereocenters. The Kier molecular flexibility index (Phi) is 6.75. The Morgan fingerprint density at radius 3 is 2.63 bits per heavy atom. The van der Waals surface area contributed by atoms with Gasteiger partial charge in [-0.1, -0.05) is 0 Å². The van der Waals surface area contributed by atoms with Gasteiger partial charge in [-0.2, -0.15) is 0 Å². The van der Waals surface area contributed by atoms with E-state index in [-0.39, 0.29) is 18.4 Å². The summed E-state index contributed by atoms with van der Waals surface area (Å²) in [7, 11) is 1.59. The predicted molar refractivity (Wildman–Crippen MR) is 71.3 cm³/mol. The zero-order chi connectivity index (χ0) is 14.3. The molecular weight excluding hydrogens is 248 g/mol. The summed E-state index contributed by atoms with van der Waals surface area (Å²) in [5.41, 5.74) is 11.0. The van der Waals surface area contributed by atoms with E-state index >= 15 is 0 Å². The summed E-state index contributed by atoms with van der Waals surface area (Å²) < 4.78 is 4.93. The molecule has 110 valence electrons. The Morgan fingerprint density at radius 1 is 1.26 bits per heavy atom. The molecule has 2 amide bonds. The minimum atomic E-state index is -0.511. The van der Waals surface area contributed by atoms with Crippen LogP contribution >= 0.6 is 0 Å². The highest BCUT2D eigenvalue weighted by Gasteiger charge is 2.23. The maximum absolute atomic E-state index is 12.1. The topological polar surface area (TPSA) is 102 Å². The first-order valence-electron chi connectivity index (χ1n) is 6.58. The summed E-state index contributed by atoms with van der Waals surface area (Å²) in [4.78, 5) is 26.7. The Balaban J connectivity index is 2.43. The second-order valence-corrected chi connectivity index (χ2v) is 4.81. The van der Waals surface area contributed by atoms with Gasteiger partial charge in [0, 0.05) is 39.9 Å². The SMILES string of the molecule is COCCC(N)C(=O)N1CCCN(CC(N)=O)CC1. The van der Waals surface area contributed by atoms with Crippen molar-refractivity contribution in [1.82, 2.24) is 9.80 Å². The molecule has 0 aromatic carbocycles. The second-order valence-electron chi connectivity index (χ2n) is 4.81. The molecular formula is C12H24N4O3. The number of nitrogens with zero attached hydrogens (tertiary/aromatic N) is 2. The van der Waals surface area contributed by atoms with Crippen molar-refractivity contribution in [3.8, 4) is 0 Å². The van der Waals surface area contributed by atoms with Crippen molar-refractivity contribution < 1.29 is 14.3 Å². The summed E-state index contributed by atoms with van der Waals surface area (Å²) >= 11 is 0. The van der Waals surface area contributed by atoms with Gasteiger partial charge in [-0.25, -0.2) is 0 Å². The van der Waals surface area contributed by atoms with Crippen molar-refractivity contribution in [2.75, 3.05) is 46.4 Å². The number of nitrogens with two attached hydrogens (primary N) is 2. The van der Waals surface area contributed by atoms with Gasteiger partial charge in [0.05, 0.1) is 12.6 Å². The van der Waals surface area contributed by atoms with Gasteiger partial charge in [0.2, 0.25) is 11.8 Å². The Hall–Kier alpha value is -1.18. The summed E-state index contributed by atoms with van der Waals surface area (Å²) in [5.74, 6) is -0.380. The van der Waals surface area contributed by atoms with Gasteiger partial charge in [0.15, 0.2) is 0 Å². The number of primary amides is 1. The molecule has 7 nitrogen and oxygen atoms in total. The van der Waals surface area contributed by atoms with Crippen LogP contribution in [0.5, 0.6) is 0 Å². The van der Waals surface area contributed by atoms with Crippen molar-refractivity contribution in [3.63, 3.8) is 0 Å². The van der Waals surface area contributed by atoms with E-state index in [9.17, 15) is 9.59 Å². The van der Waals surface area contributed by atoms with Crippen LogP contribution in [0.4, 0.5) is 0 Å². The highest BCUT2D eigenvalue weighted by molar-refractivity contribution is 5.81. The van der Waals surface area contributed by atoms with Crippen LogP contribution in [-0.2, 0) is 14.3 Å². The van der Waals surface area contributed by atoms with Crippen molar-refractivity contribution in [2.45, 2.75) is 18.9 Å². The minimum absolute atomic E-state index is 0.0435. The van der Waals surface area contributed by atoms with Gasteiger partial charge in [0.1, 0.15) is 0 Å². The van der Waals surface area contributed by atoms with Crippen LogP contribution in [0.2, 0.25) is 0 Å². The molecule has 0 spiro atoms. The Bertz CT molecular complexity index is 311. The number of hydrogen-bond donors (Lipinski definition) is 2. The molecule has 0 aliphatic carbocycles. The number of carbonyl (C=O) groups is 2. The number of carbonyl (C=O) groups excluding carboxylic acids is 2. The minimum Gasteiger partial charge on any atom is -0.385 e. The maximum Gasteiger partial charge on any atom is 0.239 e. The molecule has 19 heavy (non-hydrogen) atoms. The Morgan fingerprint density at radius 2 is 2.00 bits per heavy atom. The molecule has 1 heterocycles. The van der Waals surface area contributed by atoms with E-state index in [1.165, 1.54) is 0 Å². The number of methoxy groups -OCH3 is 1. The lowest BCUT2D eigenvalue weighted by Gasteiger charge is -2.24. The second kappa shape index (κ2) is 8.08. The normalized spacial score (nSPS) is 18.9. The van der Waals surface area contributed by atoms with Crippen molar-refractivity contribution in [1.29, 1.82) is 0 Å². The van der Waals surface area contributed by atoms with Gasteiger partial charge >= 0.3 is 0 Å². The van der Waals surface area contributed by atoms with Crippen LogP contribution < -0.4 is 11.5 Å². The first kappa shape index (κ1) is 15.9. The number of rotatable bonds is 6. The molecule has 1 aliphatic heterocycles. The Labute approximate surface area is 113 Å². The standard InChI is InChI=1S/C12H24N4O3/c1-19-8-3-10(13)12(18)16-5-2-4-15(6-7-16)9-11(14)17/h10H,2-9,13H2,1H3,(H2,14,17). The summed E-state index contributed by atoms with van der Waals surface area (Å²) in [6, 6.07) is -0.511. The van der Waals surface area contributed by atoms with E-state index in [1.54, 1.807) is 12.0 Å². The maximum atomic E-state index is 12.1. The van der Waals surface area contributed by atoms with Gasteiger partial charge in [-0.15, -0.1) is 0 Å². The molecule has 1 saturated heterocycles. The van der Waals surface area contributed by atoms with E-state index in [1.807, 2.05) is 4.90 Å². The van der Waals surface area contributed by atoms with Crippen molar-refractivity contribution in [2.24, 2.45) is 11.5 Å². The third-order valence-electron chi connectivity index (χ3n) is 3.23. The number of amides is 2. The fourth-order valence-corrected chi connectivity index (χ4v) is 2.17. The highest BCUT2D eigenvalue weighted by atomic mass is 16.5. The summed E-state index contributed by atoms with van der Waals surface area (Å²) in [6.45, 7) is 3.43. The fraction of sp³-hybridized carbons (Fsp3) is 0.833. The lowest BCUT2D eigenvalue weighted by atomic mass is 10.2. The van der Waals surface area contributed by atoms with Crippen molar-refractivity contribution in [3.05, 3.63) is 0 Å². The molecule has 0 radical (unpaired) electrons. The van der Waals surface area contributed by atoms with E-state index in [0.29, 0.717) is 32.7 Å². The summed E-state index contributed by atoms with van der Waals surface area (Å²) in [6.07, 6.45) is 1.35. The lowest BCUT2D eigenvalue weighted by molar-refractivity contribution is -0.132. The average molecular weight is 272 g/mol. The van der Waals surface area contributed by atoms with Gasteiger partial charge in [-0.05, 0) is 12.8 Å². The largest absolute Gasteiger partial charge is 0.385 e. The fourth-order valence-electron chi connectivity index (χ4n) is 2.17. The van der Waals surface area contributed by atoms with Crippen LogP contribution in [0, 0.1) is 0 Å². The van der Waals surface area contributed by atoms with Gasteiger partial charge < -0.3 is 21.1 Å². The molecule has 0 aromatic heterocycles. The van der Waals surface area contributed by atoms with E-state index in [0.717, 1.165) is 13.0 Å². The van der Waals surface area contributed by atoms with Crippen LogP contribution in [0.25, 0.3) is 0 Å². The third kappa shape index (κ3) is 5.54. The molecule has 1 unspecified atom stereocenters. The molecule has 1 aliphatic rings. The average Bonchev–Trinajstić information content (AvgIpc) is 2.60. The van der Waals surface area contributed by atoms with Gasteiger partial charge in [0.25, 0.3) is 0 Å². The quantitative estimate of drug-likeness (QED) is 0.604. The third-order valence-corrected chi connectivity index (χ3v) is 3.23. The lowest BCUT2D eigenvalue weighted by Crippen LogP contribution is -2.46. The molecule has 0 bridgehead atoms. The van der Waals surface area contributed by atoms with Crippen LogP contribution in [0.15, 0.2) is 0 Å². The predicted octanol–water partition coefficient (Wildman–Crippen LogP) is -1.63. The molecule has 0 saturated carbocycles.